The van der Waals surface area contributed by atoms with Gasteiger partial charge in [-0.25, -0.2) is 4.98 Å². The molecule has 0 saturated carbocycles. The Kier molecular flexibility index (Phi) is 7.14. The number of halogens is 1. The van der Waals surface area contributed by atoms with Gasteiger partial charge in [0.1, 0.15) is 23.4 Å². The topological polar surface area (TPSA) is 109 Å². The average molecular weight is 485 g/mol. The number of hydrogen-bond donors (Lipinski definition) is 1. The number of carbonyl (C=O) groups is 1. The van der Waals surface area contributed by atoms with Gasteiger partial charge in [-0.3, -0.25) is 10.1 Å². The predicted octanol–water partition coefficient (Wildman–Crippen LogP) is 5.10. The fourth-order valence-corrected chi connectivity index (χ4v) is 3.57. The summed E-state index contributed by atoms with van der Waals surface area (Å²) in [5.74, 6) is 1.71. The van der Waals surface area contributed by atoms with Crippen LogP contribution < -0.4 is 14.8 Å². The highest BCUT2D eigenvalue weighted by Crippen LogP contribution is 2.30. The van der Waals surface area contributed by atoms with Gasteiger partial charge >= 0.3 is 0 Å². The molecule has 176 valence electrons. The third kappa shape index (κ3) is 5.94. The quantitative estimate of drug-likeness (QED) is 0.350. The smallest absolute Gasteiger partial charge is 0.257 e. The van der Waals surface area contributed by atoms with Crippen molar-refractivity contribution in [1.82, 2.24) is 15.2 Å². The maximum atomic E-state index is 13.2. The normalized spacial score (nSPS) is 11.8. The Morgan fingerprint density at radius 2 is 1.91 bits per heavy atom. The minimum atomic E-state index is -0.496. The number of thiazole rings is 1. The Balaban J connectivity index is 1.57. The van der Waals surface area contributed by atoms with Gasteiger partial charge in [-0.05, 0) is 43.3 Å². The molecule has 1 N–H and O–H groups in total. The monoisotopic (exact) mass is 484 g/mol. The molecule has 0 saturated heterocycles. The van der Waals surface area contributed by atoms with Crippen LogP contribution in [0.2, 0.25) is 0 Å². The number of aryl methyl sites for hydroxylation is 1. The van der Waals surface area contributed by atoms with E-state index in [2.05, 4.69) is 20.5 Å². The Labute approximate surface area is 198 Å². The second-order valence-corrected chi connectivity index (χ2v) is 8.23. The molecule has 0 bridgehead atoms. The largest absolute Gasteiger partial charge is 0.488 e. The Bertz CT molecular complexity index is 1270. The molecule has 2 aromatic heterocycles. The van der Waals surface area contributed by atoms with Gasteiger partial charge < -0.3 is 18.6 Å². The summed E-state index contributed by atoms with van der Waals surface area (Å²) in [5, 5.41) is 10.0. The molecule has 1 atom stereocenters. The number of ether oxygens (including phenoxy) is 3. The number of amides is 1. The van der Waals surface area contributed by atoms with Gasteiger partial charge in [0.2, 0.25) is 11.8 Å². The van der Waals surface area contributed by atoms with Crippen LogP contribution in [0.25, 0.3) is 11.5 Å². The highest BCUT2D eigenvalue weighted by Gasteiger charge is 2.15. The van der Waals surface area contributed by atoms with E-state index in [1.54, 1.807) is 56.5 Å². The van der Waals surface area contributed by atoms with E-state index in [0.717, 1.165) is 23.1 Å². The molecule has 4 rings (SSSR count). The third-order valence-corrected chi connectivity index (χ3v) is 5.14. The molecule has 1 unspecified atom stereocenters. The van der Waals surface area contributed by atoms with Crippen molar-refractivity contribution < 1.29 is 27.8 Å². The van der Waals surface area contributed by atoms with E-state index in [-0.39, 0.29) is 16.8 Å². The van der Waals surface area contributed by atoms with Crippen LogP contribution in [0, 0.1) is 12.1 Å². The molecule has 0 spiro atoms. The molecule has 4 aromatic rings. The maximum absolute atomic E-state index is 13.2. The molecule has 2 aromatic carbocycles. The zero-order valence-electron chi connectivity index (χ0n) is 18.6. The summed E-state index contributed by atoms with van der Waals surface area (Å²) >= 11 is 0.734. The first-order chi connectivity index (χ1) is 16.4. The molecule has 0 aliphatic carbocycles. The molecule has 2 heterocycles. The molecule has 1 amide bonds. The number of nitrogens with one attached hydrogen (secondary N) is 1. The van der Waals surface area contributed by atoms with E-state index in [1.165, 1.54) is 0 Å². The fourth-order valence-electron chi connectivity index (χ4n) is 3.03. The lowest BCUT2D eigenvalue weighted by Gasteiger charge is -2.16. The molecule has 11 heteroatoms. The van der Waals surface area contributed by atoms with Crippen molar-refractivity contribution in [2.24, 2.45) is 0 Å². The SMILES string of the molecule is COCC(C)Oc1cc(Oc2ccc(-c3nnc(C)o3)cc2)cc(C(=O)Nc2ncc(F)s2)c1. The van der Waals surface area contributed by atoms with E-state index in [9.17, 15) is 9.18 Å². The van der Waals surface area contributed by atoms with Crippen LogP contribution in [0.1, 0.15) is 23.2 Å². The summed E-state index contributed by atoms with van der Waals surface area (Å²) in [6, 6.07) is 11.9. The fraction of sp³-hybridized carbons (Fsp3) is 0.217. The van der Waals surface area contributed by atoms with Crippen LogP contribution >= 0.6 is 11.3 Å². The van der Waals surface area contributed by atoms with Crippen molar-refractivity contribution >= 4 is 22.4 Å². The standard InChI is InChI=1S/C23H21FN4O5S/c1-13(12-30-3)31-18-8-16(21(29)26-23-25-11-20(24)34-23)9-19(10-18)33-17-6-4-15(5-7-17)22-28-27-14(2)32-22/h4-11,13H,12H2,1-3H3,(H,25,26,29). The van der Waals surface area contributed by atoms with Gasteiger partial charge in [-0.1, -0.05) is 11.3 Å². The summed E-state index contributed by atoms with van der Waals surface area (Å²) in [6.07, 6.45) is 0.779. The summed E-state index contributed by atoms with van der Waals surface area (Å²) in [4.78, 5) is 16.6. The van der Waals surface area contributed by atoms with Gasteiger partial charge in [0.05, 0.1) is 12.8 Å². The molecule has 9 nitrogen and oxygen atoms in total. The van der Waals surface area contributed by atoms with Crippen molar-refractivity contribution in [2.45, 2.75) is 20.0 Å². The first kappa shape index (κ1) is 23.3. The number of hydrogen-bond acceptors (Lipinski definition) is 9. The first-order valence-corrected chi connectivity index (χ1v) is 11.0. The van der Waals surface area contributed by atoms with Gasteiger partial charge in [-0.2, -0.15) is 4.39 Å². The number of anilines is 1. The van der Waals surface area contributed by atoms with Crippen LogP contribution in [0.15, 0.2) is 53.1 Å². The number of methoxy groups -OCH3 is 1. The van der Waals surface area contributed by atoms with Crippen LogP contribution in [0.3, 0.4) is 0 Å². The van der Waals surface area contributed by atoms with Crippen LogP contribution in [-0.2, 0) is 4.74 Å². The minimum Gasteiger partial charge on any atom is -0.488 e. The number of carbonyl (C=O) groups excluding carboxylic acids is 1. The Morgan fingerprint density at radius 3 is 2.56 bits per heavy atom. The van der Waals surface area contributed by atoms with Gasteiger partial charge in [0.25, 0.3) is 5.91 Å². The van der Waals surface area contributed by atoms with Gasteiger partial charge in [0.15, 0.2) is 10.3 Å². The molecular weight excluding hydrogens is 463 g/mol. The zero-order valence-corrected chi connectivity index (χ0v) is 19.4. The lowest BCUT2D eigenvalue weighted by atomic mass is 10.1. The zero-order chi connectivity index (χ0) is 24.1. The highest BCUT2D eigenvalue weighted by atomic mass is 32.1. The molecule has 0 aliphatic rings. The van der Waals surface area contributed by atoms with Crippen LogP contribution in [-0.4, -0.2) is 40.9 Å². The Morgan fingerprint density at radius 1 is 1.15 bits per heavy atom. The van der Waals surface area contributed by atoms with E-state index < -0.39 is 11.0 Å². The van der Waals surface area contributed by atoms with E-state index >= 15 is 0 Å². The maximum Gasteiger partial charge on any atom is 0.257 e. The molecule has 0 fully saturated rings. The summed E-state index contributed by atoms with van der Waals surface area (Å²) in [5.41, 5.74) is 1.000. The van der Waals surface area contributed by atoms with E-state index in [1.807, 2.05) is 6.92 Å². The lowest BCUT2D eigenvalue weighted by Crippen LogP contribution is -2.18. The van der Waals surface area contributed by atoms with Crippen molar-refractivity contribution in [1.29, 1.82) is 0 Å². The summed E-state index contributed by atoms with van der Waals surface area (Å²) in [6.45, 7) is 3.92. The highest BCUT2D eigenvalue weighted by molar-refractivity contribution is 7.14. The van der Waals surface area contributed by atoms with Gasteiger partial charge in [0, 0.05) is 31.2 Å². The van der Waals surface area contributed by atoms with E-state index in [0.29, 0.717) is 35.6 Å². The van der Waals surface area contributed by atoms with Crippen LogP contribution in [0.5, 0.6) is 17.2 Å². The van der Waals surface area contributed by atoms with Crippen molar-refractivity contribution in [3.63, 3.8) is 0 Å². The molecule has 34 heavy (non-hydrogen) atoms. The van der Waals surface area contributed by atoms with Crippen LogP contribution in [0.4, 0.5) is 9.52 Å². The van der Waals surface area contributed by atoms with Gasteiger partial charge in [-0.15, -0.1) is 10.2 Å². The number of nitrogens with zero attached hydrogens (tertiary/aromatic N) is 3. The molecular formula is C23H21FN4O5S. The van der Waals surface area contributed by atoms with E-state index in [4.69, 9.17) is 18.6 Å². The number of benzene rings is 2. The predicted molar refractivity (Wildman–Crippen MR) is 123 cm³/mol. The third-order valence-electron chi connectivity index (χ3n) is 4.44. The summed E-state index contributed by atoms with van der Waals surface area (Å²) < 4.78 is 35.6. The first-order valence-electron chi connectivity index (χ1n) is 10.2. The number of aromatic nitrogens is 3. The minimum absolute atomic E-state index is 0.149. The Hall–Kier alpha value is -3.83. The average Bonchev–Trinajstić information content (AvgIpc) is 3.42. The van der Waals surface area contributed by atoms with Crippen molar-refractivity contribution in [2.75, 3.05) is 19.0 Å². The second-order valence-electron chi connectivity index (χ2n) is 7.25. The summed E-state index contributed by atoms with van der Waals surface area (Å²) in [7, 11) is 1.57. The number of rotatable bonds is 9. The lowest BCUT2D eigenvalue weighted by molar-refractivity contribution is 0.0916. The van der Waals surface area contributed by atoms with Crippen molar-refractivity contribution in [3.8, 4) is 28.7 Å². The van der Waals surface area contributed by atoms with Crippen molar-refractivity contribution in [3.05, 3.63) is 65.2 Å². The molecule has 0 aliphatic heterocycles. The second kappa shape index (κ2) is 10.4. The molecule has 0 radical (unpaired) electrons.